The summed E-state index contributed by atoms with van der Waals surface area (Å²) in [6, 6.07) is 2.17. The Hall–Kier alpha value is -1.63. The number of alkyl halides is 2. The molecule has 1 aliphatic rings. The minimum Gasteiger partial charge on any atom is -0.432 e. The molecule has 0 radical (unpaired) electrons. The summed E-state index contributed by atoms with van der Waals surface area (Å²) in [4.78, 5) is 1.86. The smallest absolute Gasteiger partial charge is 0.387 e. The van der Waals surface area contributed by atoms with Crippen molar-refractivity contribution in [3.05, 3.63) is 17.9 Å². The summed E-state index contributed by atoms with van der Waals surface area (Å²) >= 11 is 0. The number of anilines is 2. The fourth-order valence-electron chi connectivity index (χ4n) is 2.45. The number of nitrogen functional groups attached to an aromatic ring is 1. The summed E-state index contributed by atoms with van der Waals surface area (Å²) in [6.45, 7) is -1.80. The first-order chi connectivity index (χ1) is 9.51. The van der Waals surface area contributed by atoms with E-state index in [0.717, 1.165) is 18.9 Å². The standard InChI is InChI=1S/C13H17F3N2O2/c14-9-4-10(17)11(5-12(9)20-13(15)16)18-3-1-2-8(6-18)7-19/h4-5,8,13,19H,1-3,6-7,17H2. The number of benzene rings is 1. The van der Waals surface area contributed by atoms with Gasteiger partial charge in [0.2, 0.25) is 0 Å². The van der Waals surface area contributed by atoms with Crippen LogP contribution in [0.15, 0.2) is 12.1 Å². The molecule has 2 rings (SSSR count). The summed E-state index contributed by atoms with van der Waals surface area (Å²) in [5.41, 5.74) is 6.38. The number of halogens is 3. The molecule has 7 heteroatoms. The molecule has 0 amide bonds. The molecule has 1 atom stereocenters. The number of aliphatic hydroxyl groups excluding tert-OH is 1. The van der Waals surface area contributed by atoms with Crippen molar-refractivity contribution in [3.63, 3.8) is 0 Å². The largest absolute Gasteiger partial charge is 0.432 e. The molecule has 0 aliphatic carbocycles. The molecule has 0 spiro atoms. The molecule has 1 unspecified atom stereocenters. The van der Waals surface area contributed by atoms with Crippen LogP contribution in [0.1, 0.15) is 12.8 Å². The maximum atomic E-state index is 13.5. The summed E-state index contributed by atoms with van der Waals surface area (Å²) in [6.07, 6.45) is 1.75. The van der Waals surface area contributed by atoms with Crippen LogP contribution < -0.4 is 15.4 Å². The highest BCUT2D eigenvalue weighted by atomic mass is 19.3. The highest BCUT2D eigenvalue weighted by Crippen LogP contribution is 2.34. The number of hydrogen-bond donors (Lipinski definition) is 2. The van der Waals surface area contributed by atoms with Gasteiger partial charge >= 0.3 is 6.61 Å². The average Bonchev–Trinajstić information content (AvgIpc) is 2.41. The van der Waals surface area contributed by atoms with Gasteiger partial charge < -0.3 is 20.5 Å². The fraction of sp³-hybridized carbons (Fsp3) is 0.538. The molecule has 112 valence electrons. The summed E-state index contributed by atoms with van der Waals surface area (Å²) in [5, 5.41) is 9.20. The van der Waals surface area contributed by atoms with Gasteiger partial charge in [-0.2, -0.15) is 8.78 Å². The number of aliphatic hydroxyl groups is 1. The first-order valence-electron chi connectivity index (χ1n) is 6.41. The van der Waals surface area contributed by atoms with Gasteiger partial charge in [0.15, 0.2) is 11.6 Å². The van der Waals surface area contributed by atoms with Gasteiger partial charge in [-0.1, -0.05) is 0 Å². The van der Waals surface area contributed by atoms with E-state index in [4.69, 9.17) is 5.73 Å². The zero-order valence-electron chi connectivity index (χ0n) is 10.9. The Labute approximate surface area is 114 Å². The number of nitrogens with two attached hydrogens (primary N) is 1. The predicted octanol–water partition coefficient (Wildman–Crippen LogP) is 2.22. The van der Waals surface area contributed by atoms with Crippen molar-refractivity contribution in [1.82, 2.24) is 0 Å². The molecule has 0 saturated carbocycles. The van der Waals surface area contributed by atoms with E-state index in [9.17, 15) is 18.3 Å². The van der Waals surface area contributed by atoms with Gasteiger partial charge in [-0.25, -0.2) is 4.39 Å². The van der Waals surface area contributed by atoms with Gasteiger partial charge in [0.1, 0.15) is 0 Å². The van der Waals surface area contributed by atoms with Crippen LogP contribution in [-0.4, -0.2) is 31.4 Å². The Bertz CT molecular complexity index is 471. The SMILES string of the molecule is Nc1cc(F)c(OC(F)F)cc1N1CCCC(CO)C1. The lowest BCUT2D eigenvalue weighted by Crippen LogP contribution is -2.37. The normalized spacial score (nSPS) is 19.4. The Morgan fingerprint density at radius 1 is 1.45 bits per heavy atom. The molecule has 0 bridgehead atoms. The zero-order chi connectivity index (χ0) is 14.7. The maximum Gasteiger partial charge on any atom is 0.387 e. The lowest BCUT2D eigenvalue weighted by Gasteiger charge is -2.34. The number of ether oxygens (including phenoxy) is 1. The van der Waals surface area contributed by atoms with E-state index < -0.39 is 18.2 Å². The molecule has 0 aromatic heterocycles. The third-order valence-electron chi connectivity index (χ3n) is 3.42. The third kappa shape index (κ3) is 3.27. The van der Waals surface area contributed by atoms with Crippen LogP contribution in [0.2, 0.25) is 0 Å². The van der Waals surface area contributed by atoms with E-state index in [1.54, 1.807) is 0 Å². The van der Waals surface area contributed by atoms with Crippen molar-refractivity contribution in [2.45, 2.75) is 19.5 Å². The van der Waals surface area contributed by atoms with Gasteiger partial charge in [0.25, 0.3) is 0 Å². The van der Waals surface area contributed by atoms with Gasteiger partial charge in [-0.15, -0.1) is 0 Å². The van der Waals surface area contributed by atoms with Crippen LogP contribution in [0.5, 0.6) is 5.75 Å². The first kappa shape index (κ1) is 14.8. The number of hydrogen-bond acceptors (Lipinski definition) is 4. The van der Waals surface area contributed by atoms with Gasteiger partial charge in [0.05, 0.1) is 11.4 Å². The van der Waals surface area contributed by atoms with Crippen LogP contribution >= 0.6 is 0 Å². The van der Waals surface area contributed by atoms with Crippen LogP contribution in [-0.2, 0) is 0 Å². The number of piperidine rings is 1. The van der Waals surface area contributed by atoms with Gasteiger partial charge in [-0.05, 0) is 18.8 Å². The summed E-state index contributed by atoms with van der Waals surface area (Å²) in [7, 11) is 0. The monoisotopic (exact) mass is 290 g/mol. The fourth-order valence-corrected chi connectivity index (χ4v) is 2.45. The summed E-state index contributed by atoms with van der Waals surface area (Å²) < 4.78 is 42.1. The topological polar surface area (TPSA) is 58.7 Å². The Balaban J connectivity index is 2.26. The zero-order valence-corrected chi connectivity index (χ0v) is 10.9. The number of nitrogens with zero attached hydrogens (tertiary/aromatic N) is 1. The molecule has 4 nitrogen and oxygen atoms in total. The van der Waals surface area contributed by atoms with E-state index >= 15 is 0 Å². The predicted molar refractivity (Wildman–Crippen MR) is 69.5 cm³/mol. The molecule has 1 aliphatic heterocycles. The first-order valence-corrected chi connectivity index (χ1v) is 6.41. The van der Waals surface area contributed by atoms with E-state index in [2.05, 4.69) is 4.74 Å². The summed E-state index contributed by atoms with van der Waals surface area (Å²) in [5.74, 6) is -1.33. The Morgan fingerprint density at radius 2 is 2.20 bits per heavy atom. The Kier molecular flexibility index (Phi) is 4.59. The van der Waals surface area contributed by atoms with Gasteiger partial charge in [0, 0.05) is 31.8 Å². The van der Waals surface area contributed by atoms with Crippen molar-refractivity contribution in [1.29, 1.82) is 0 Å². The molecular formula is C13H17F3N2O2. The lowest BCUT2D eigenvalue weighted by molar-refractivity contribution is -0.0521. The van der Waals surface area contributed by atoms with Crippen LogP contribution in [0.4, 0.5) is 24.5 Å². The van der Waals surface area contributed by atoms with Crippen molar-refractivity contribution in [2.24, 2.45) is 5.92 Å². The van der Waals surface area contributed by atoms with Crippen LogP contribution in [0.25, 0.3) is 0 Å². The quantitative estimate of drug-likeness (QED) is 0.835. The van der Waals surface area contributed by atoms with E-state index in [1.165, 1.54) is 6.07 Å². The minimum absolute atomic E-state index is 0.0536. The second-order valence-corrected chi connectivity index (χ2v) is 4.86. The third-order valence-corrected chi connectivity index (χ3v) is 3.42. The van der Waals surface area contributed by atoms with E-state index in [-0.39, 0.29) is 18.2 Å². The van der Waals surface area contributed by atoms with Crippen molar-refractivity contribution in [3.8, 4) is 5.75 Å². The minimum atomic E-state index is -3.09. The molecular weight excluding hydrogens is 273 g/mol. The van der Waals surface area contributed by atoms with Crippen molar-refractivity contribution >= 4 is 11.4 Å². The Morgan fingerprint density at radius 3 is 2.85 bits per heavy atom. The second kappa shape index (κ2) is 6.21. The highest BCUT2D eigenvalue weighted by molar-refractivity contribution is 5.70. The molecule has 3 N–H and O–H groups in total. The highest BCUT2D eigenvalue weighted by Gasteiger charge is 2.23. The molecule has 1 aromatic carbocycles. The van der Waals surface area contributed by atoms with Crippen molar-refractivity contribution < 1.29 is 23.0 Å². The molecule has 1 aromatic rings. The molecule has 1 fully saturated rings. The van der Waals surface area contributed by atoms with E-state index in [0.29, 0.717) is 18.8 Å². The maximum absolute atomic E-state index is 13.5. The molecule has 1 heterocycles. The van der Waals surface area contributed by atoms with Gasteiger partial charge in [-0.3, -0.25) is 0 Å². The van der Waals surface area contributed by atoms with E-state index in [1.807, 2.05) is 4.90 Å². The second-order valence-electron chi connectivity index (χ2n) is 4.86. The van der Waals surface area contributed by atoms with Crippen LogP contribution in [0.3, 0.4) is 0 Å². The lowest BCUT2D eigenvalue weighted by atomic mass is 9.98. The number of rotatable bonds is 4. The van der Waals surface area contributed by atoms with Crippen molar-refractivity contribution in [2.75, 3.05) is 30.3 Å². The average molecular weight is 290 g/mol. The molecule has 20 heavy (non-hydrogen) atoms. The van der Waals surface area contributed by atoms with Crippen LogP contribution in [0, 0.1) is 11.7 Å². The molecule has 1 saturated heterocycles.